The van der Waals surface area contributed by atoms with E-state index < -0.39 is 0 Å². The summed E-state index contributed by atoms with van der Waals surface area (Å²) in [4.78, 5) is 9.92. The van der Waals surface area contributed by atoms with Crippen LogP contribution in [0.2, 0.25) is 0 Å². The predicted molar refractivity (Wildman–Crippen MR) is 81.1 cm³/mol. The van der Waals surface area contributed by atoms with Crippen LogP contribution in [0.4, 0.5) is 0 Å². The van der Waals surface area contributed by atoms with Crippen molar-refractivity contribution < 1.29 is 4.74 Å². The Kier molecular flexibility index (Phi) is 8.16. The van der Waals surface area contributed by atoms with Crippen molar-refractivity contribution >= 4 is 17.3 Å². The molecule has 0 fully saturated rings. The van der Waals surface area contributed by atoms with Crippen LogP contribution in [0.5, 0.6) is 0 Å². The van der Waals surface area contributed by atoms with E-state index in [1.807, 2.05) is 6.20 Å². The van der Waals surface area contributed by atoms with Crippen molar-refractivity contribution in [2.45, 2.75) is 26.2 Å². The van der Waals surface area contributed by atoms with Crippen molar-refractivity contribution in [2.24, 2.45) is 4.99 Å². The monoisotopic (exact) mass is 284 g/mol. The van der Waals surface area contributed by atoms with Crippen LogP contribution >= 0.6 is 11.3 Å². The topological polar surface area (TPSA) is 58.5 Å². The van der Waals surface area contributed by atoms with Gasteiger partial charge in [-0.2, -0.15) is 0 Å². The second-order valence-corrected chi connectivity index (χ2v) is 5.30. The summed E-state index contributed by atoms with van der Waals surface area (Å²) in [6.07, 6.45) is 4.94. The van der Waals surface area contributed by atoms with Gasteiger partial charge in [0.25, 0.3) is 0 Å². The molecule has 0 amide bonds. The van der Waals surface area contributed by atoms with Gasteiger partial charge in [-0.1, -0.05) is 6.92 Å². The largest absolute Gasteiger partial charge is 0.385 e. The molecule has 19 heavy (non-hydrogen) atoms. The van der Waals surface area contributed by atoms with E-state index in [1.54, 1.807) is 25.5 Å². The molecule has 0 radical (unpaired) electrons. The van der Waals surface area contributed by atoms with Gasteiger partial charge in [-0.3, -0.25) is 4.99 Å². The van der Waals surface area contributed by atoms with E-state index in [-0.39, 0.29) is 0 Å². The summed E-state index contributed by atoms with van der Waals surface area (Å²) in [5.41, 5.74) is 0. The van der Waals surface area contributed by atoms with Crippen molar-refractivity contribution in [3.05, 3.63) is 16.1 Å². The highest BCUT2D eigenvalue weighted by molar-refractivity contribution is 7.11. The molecule has 6 heteroatoms. The predicted octanol–water partition coefficient (Wildman–Crippen LogP) is 1.45. The van der Waals surface area contributed by atoms with Crippen molar-refractivity contribution in [1.82, 2.24) is 15.6 Å². The van der Waals surface area contributed by atoms with E-state index in [0.29, 0.717) is 0 Å². The zero-order chi connectivity index (χ0) is 13.9. The van der Waals surface area contributed by atoms with Crippen LogP contribution in [0.15, 0.2) is 11.2 Å². The standard InChI is InChI=1S/C13H24N4OS/c1-4-11-10-17-12(19-11)6-8-16-13(14-2)15-7-5-9-18-3/h10H,4-9H2,1-3H3,(H2,14,15,16). The molecule has 0 atom stereocenters. The maximum absolute atomic E-state index is 5.00. The van der Waals surface area contributed by atoms with Crippen LogP contribution in [0.3, 0.4) is 0 Å². The number of guanidine groups is 1. The first-order chi connectivity index (χ1) is 9.30. The lowest BCUT2D eigenvalue weighted by Gasteiger charge is -2.10. The molecule has 1 aromatic rings. The molecule has 0 saturated carbocycles. The summed E-state index contributed by atoms with van der Waals surface area (Å²) in [5, 5.41) is 7.72. The highest BCUT2D eigenvalue weighted by Crippen LogP contribution is 2.13. The van der Waals surface area contributed by atoms with E-state index in [0.717, 1.165) is 44.9 Å². The SMILES string of the molecule is CCc1cnc(CCNC(=NC)NCCCOC)s1. The third-order valence-electron chi connectivity index (χ3n) is 2.62. The summed E-state index contributed by atoms with van der Waals surface area (Å²) in [6, 6.07) is 0. The highest BCUT2D eigenvalue weighted by atomic mass is 32.1. The average molecular weight is 284 g/mol. The van der Waals surface area contributed by atoms with Crippen molar-refractivity contribution in [3.63, 3.8) is 0 Å². The molecular weight excluding hydrogens is 260 g/mol. The van der Waals surface area contributed by atoms with E-state index in [2.05, 4.69) is 27.5 Å². The Balaban J connectivity index is 2.18. The van der Waals surface area contributed by atoms with Crippen LogP contribution in [-0.2, 0) is 17.6 Å². The number of ether oxygens (including phenoxy) is 1. The smallest absolute Gasteiger partial charge is 0.190 e. The molecule has 0 bridgehead atoms. The summed E-state index contributed by atoms with van der Waals surface area (Å²) in [7, 11) is 3.50. The van der Waals surface area contributed by atoms with Gasteiger partial charge in [-0.05, 0) is 12.8 Å². The molecule has 0 aromatic carbocycles. The van der Waals surface area contributed by atoms with E-state index >= 15 is 0 Å². The lowest BCUT2D eigenvalue weighted by molar-refractivity contribution is 0.195. The average Bonchev–Trinajstić information content (AvgIpc) is 2.89. The Labute approximate surface area is 119 Å². The second kappa shape index (κ2) is 9.75. The van der Waals surface area contributed by atoms with Crippen LogP contribution in [0, 0.1) is 0 Å². The van der Waals surface area contributed by atoms with E-state index in [9.17, 15) is 0 Å². The molecular formula is C13H24N4OS. The quantitative estimate of drug-likeness (QED) is 0.431. The van der Waals surface area contributed by atoms with Crippen LogP contribution in [0.1, 0.15) is 23.2 Å². The van der Waals surface area contributed by atoms with Crippen molar-refractivity contribution in [2.75, 3.05) is 33.9 Å². The minimum atomic E-state index is 0.767. The summed E-state index contributed by atoms with van der Waals surface area (Å²) < 4.78 is 5.00. The lowest BCUT2D eigenvalue weighted by Crippen LogP contribution is -2.38. The Morgan fingerprint density at radius 1 is 1.42 bits per heavy atom. The Morgan fingerprint density at radius 2 is 2.21 bits per heavy atom. The van der Waals surface area contributed by atoms with E-state index in [4.69, 9.17) is 4.74 Å². The first-order valence-corrected chi connectivity index (χ1v) is 7.48. The molecule has 0 aliphatic heterocycles. The highest BCUT2D eigenvalue weighted by Gasteiger charge is 2.01. The number of methoxy groups -OCH3 is 1. The Bertz CT molecular complexity index is 378. The number of hydrogen-bond donors (Lipinski definition) is 2. The van der Waals surface area contributed by atoms with Gasteiger partial charge in [0.05, 0.1) is 5.01 Å². The van der Waals surface area contributed by atoms with Gasteiger partial charge < -0.3 is 15.4 Å². The molecule has 2 N–H and O–H groups in total. The number of aryl methyl sites for hydroxylation is 1. The molecule has 1 aromatic heterocycles. The first-order valence-electron chi connectivity index (χ1n) is 6.67. The van der Waals surface area contributed by atoms with Gasteiger partial charge in [-0.25, -0.2) is 4.98 Å². The maximum Gasteiger partial charge on any atom is 0.190 e. The van der Waals surface area contributed by atoms with Crippen LogP contribution in [-0.4, -0.2) is 44.8 Å². The number of aromatic nitrogens is 1. The maximum atomic E-state index is 5.00. The van der Waals surface area contributed by atoms with Crippen molar-refractivity contribution in [1.29, 1.82) is 0 Å². The molecule has 0 spiro atoms. The van der Waals surface area contributed by atoms with Gasteiger partial charge in [0, 0.05) is 51.3 Å². The van der Waals surface area contributed by atoms with Crippen LogP contribution in [0.25, 0.3) is 0 Å². The second-order valence-electron chi connectivity index (χ2n) is 4.10. The number of nitrogens with zero attached hydrogens (tertiary/aromatic N) is 2. The molecule has 5 nitrogen and oxygen atoms in total. The molecule has 0 aliphatic carbocycles. The summed E-state index contributed by atoms with van der Waals surface area (Å²) in [5.74, 6) is 0.836. The molecule has 1 rings (SSSR count). The lowest BCUT2D eigenvalue weighted by atomic mass is 10.4. The molecule has 0 unspecified atom stereocenters. The Morgan fingerprint density at radius 3 is 2.84 bits per heavy atom. The fraction of sp³-hybridized carbons (Fsp3) is 0.692. The zero-order valence-corrected chi connectivity index (χ0v) is 12.8. The summed E-state index contributed by atoms with van der Waals surface area (Å²) in [6.45, 7) is 4.63. The van der Waals surface area contributed by atoms with Gasteiger partial charge >= 0.3 is 0 Å². The molecule has 0 saturated heterocycles. The number of hydrogen-bond acceptors (Lipinski definition) is 4. The zero-order valence-electron chi connectivity index (χ0n) is 12.0. The molecule has 0 aliphatic rings. The van der Waals surface area contributed by atoms with Gasteiger partial charge in [0.1, 0.15) is 0 Å². The fourth-order valence-electron chi connectivity index (χ4n) is 1.56. The molecule has 1 heterocycles. The number of rotatable bonds is 8. The minimum Gasteiger partial charge on any atom is -0.385 e. The van der Waals surface area contributed by atoms with Gasteiger partial charge in [0.2, 0.25) is 0 Å². The number of nitrogens with one attached hydrogen (secondary N) is 2. The molecule has 108 valence electrons. The van der Waals surface area contributed by atoms with Crippen LogP contribution < -0.4 is 10.6 Å². The van der Waals surface area contributed by atoms with Gasteiger partial charge in [-0.15, -0.1) is 11.3 Å². The third-order valence-corrected chi connectivity index (χ3v) is 3.82. The van der Waals surface area contributed by atoms with Gasteiger partial charge in [0.15, 0.2) is 5.96 Å². The number of aliphatic imine (C=N–C) groups is 1. The Hall–Kier alpha value is -1.14. The van der Waals surface area contributed by atoms with Crippen molar-refractivity contribution in [3.8, 4) is 0 Å². The minimum absolute atomic E-state index is 0.767. The fourth-order valence-corrected chi connectivity index (χ4v) is 2.42. The normalized spacial score (nSPS) is 11.6. The number of thiazole rings is 1. The first kappa shape index (κ1) is 15.9. The third kappa shape index (κ3) is 6.54. The summed E-state index contributed by atoms with van der Waals surface area (Å²) >= 11 is 1.79. The van der Waals surface area contributed by atoms with E-state index in [1.165, 1.54) is 9.88 Å².